The van der Waals surface area contributed by atoms with Gasteiger partial charge in [-0.25, -0.2) is 0 Å². The molecule has 0 saturated heterocycles. The standard InChI is InChI=1S/C16H13NO/c18-15-9-14(11-5-6-11)17-16-12-4-2-1-3-10(12)7-8-13(15)16/h1-4,7-9,11H,5-6H2,(H,17,18). The van der Waals surface area contributed by atoms with Crippen molar-refractivity contribution in [1.29, 1.82) is 0 Å². The second-order valence-corrected chi connectivity index (χ2v) is 5.07. The maximum absolute atomic E-state index is 12.2. The number of aromatic nitrogens is 1. The quantitative estimate of drug-likeness (QED) is 0.643. The third kappa shape index (κ3) is 1.39. The van der Waals surface area contributed by atoms with Crippen LogP contribution in [0, 0.1) is 0 Å². The zero-order chi connectivity index (χ0) is 12.1. The molecule has 2 nitrogen and oxygen atoms in total. The Morgan fingerprint density at radius 2 is 1.83 bits per heavy atom. The number of pyridine rings is 1. The first kappa shape index (κ1) is 9.89. The van der Waals surface area contributed by atoms with Crippen molar-refractivity contribution in [3.63, 3.8) is 0 Å². The topological polar surface area (TPSA) is 32.9 Å². The van der Waals surface area contributed by atoms with Gasteiger partial charge in [-0.2, -0.15) is 0 Å². The molecule has 1 fully saturated rings. The second kappa shape index (κ2) is 3.45. The lowest BCUT2D eigenvalue weighted by Gasteiger charge is -2.06. The molecule has 3 aromatic rings. The summed E-state index contributed by atoms with van der Waals surface area (Å²) in [7, 11) is 0. The highest BCUT2D eigenvalue weighted by Gasteiger charge is 2.25. The molecule has 1 aromatic heterocycles. The van der Waals surface area contributed by atoms with Crippen molar-refractivity contribution in [3.8, 4) is 0 Å². The van der Waals surface area contributed by atoms with Gasteiger partial charge in [-0.1, -0.05) is 30.3 Å². The van der Waals surface area contributed by atoms with Crippen LogP contribution in [0.1, 0.15) is 24.5 Å². The highest BCUT2D eigenvalue weighted by atomic mass is 16.1. The Kier molecular flexibility index (Phi) is 1.90. The number of aromatic amines is 1. The lowest BCUT2D eigenvalue weighted by atomic mass is 10.1. The van der Waals surface area contributed by atoms with Crippen LogP contribution >= 0.6 is 0 Å². The van der Waals surface area contributed by atoms with Gasteiger partial charge in [0.2, 0.25) is 0 Å². The highest BCUT2D eigenvalue weighted by Crippen LogP contribution is 2.39. The van der Waals surface area contributed by atoms with Crippen LogP contribution < -0.4 is 5.43 Å². The van der Waals surface area contributed by atoms with Gasteiger partial charge >= 0.3 is 0 Å². The van der Waals surface area contributed by atoms with Gasteiger partial charge < -0.3 is 4.98 Å². The monoisotopic (exact) mass is 235 g/mol. The molecule has 0 radical (unpaired) electrons. The van der Waals surface area contributed by atoms with Crippen molar-refractivity contribution in [3.05, 3.63) is 58.4 Å². The van der Waals surface area contributed by atoms with Crippen LogP contribution in [0.5, 0.6) is 0 Å². The molecular weight excluding hydrogens is 222 g/mol. The minimum Gasteiger partial charge on any atom is -0.357 e. The van der Waals surface area contributed by atoms with Gasteiger partial charge in [0.15, 0.2) is 5.43 Å². The molecule has 0 amide bonds. The molecule has 1 aliphatic carbocycles. The maximum Gasteiger partial charge on any atom is 0.189 e. The molecule has 0 atom stereocenters. The van der Waals surface area contributed by atoms with E-state index in [0.717, 1.165) is 22.0 Å². The largest absolute Gasteiger partial charge is 0.357 e. The fourth-order valence-electron chi connectivity index (χ4n) is 2.63. The fourth-order valence-corrected chi connectivity index (χ4v) is 2.63. The molecule has 1 heterocycles. The van der Waals surface area contributed by atoms with Crippen LogP contribution in [0.15, 0.2) is 47.3 Å². The number of H-pyrrole nitrogens is 1. The van der Waals surface area contributed by atoms with E-state index in [4.69, 9.17) is 0 Å². The van der Waals surface area contributed by atoms with Crippen LogP contribution in [-0.4, -0.2) is 4.98 Å². The van der Waals surface area contributed by atoms with Crippen molar-refractivity contribution in [2.75, 3.05) is 0 Å². The summed E-state index contributed by atoms with van der Waals surface area (Å²) in [6.07, 6.45) is 2.40. The average Bonchev–Trinajstić information content (AvgIpc) is 3.22. The SMILES string of the molecule is O=c1cc(C2CC2)[nH]c2c1ccc1ccccc12. The molecule has 0 aliphatic heterocycles. The van der Waals surface area contributed by atoms with Crippen LogP contribution in [0.3, 0.4) is 0 Å². The van der Waals surface area contributed by atoms with Crippen molar-refractivity contribution in [2.24, 2.45) is 0 Å². The van der Waals surface area contributed by atoms with Gasteiger partial charge in [-0.05, 0) is 30.2 Å². The van der Waals surface area contributed by atoms with Crippen LogP contribution in [0.4, 0.5) is 0 Å². The maximum atomic E-state index is 12.2. The van der Waals surface area contributed by atoms with Crippen LogP contribution in [0.2, 0.25) is 0 Å². The van der Waals surface area contributed by atoms with E-state index in [2.05, 4.69) is 17.1 Å². The fraction of sp³-hybridized carbons (Fsp3) is 0.188. The summed E-state index contributed by atoms with van der Waals surface area (Å²) in [4.78, 5) is 15.6. The number of benzene rings is 2. The Labute approximate surface area is 104 Å². The first-order chi connectivity index (χ1) is 8.83. The van der Waals surface area contributed by atoms with Gasteiger partial charge in [-0.15, -0.1) is 0 Å². The molecule has 2 aromatic carbocycles. The number of nitrogens with one attached hydrogen (secondary N) is 1. The summed E-state index contributed by atoms with van der Waals surface area (Å²) in [6, 6.07) is 13.9. The second-order valence-electron chi connectivity index (χ2n) is 5.07. The molecule has 1 saturated carbocycles. The van der Waals surface area contributed by atoms with E-state index in [1.54, 1.807) is 6.07 Å². The van der Waals surface area contributed by atoms with E-state index >= 15 is 0 Å². The summed E-state index contributed by atoms with van der Waals surface area (Å²) >= 11 is 0. The van der Waals surface area contributed by atoms with Gasteiger partial charge in [0.1, 0.15) is 0 Å². The summed E-state index contributed by atoms with van der Waals surface area (Å²) in [5.74, 6) is 0.570. The van der Waals surface area contributed by atoms with E-state index in [1.165, 1.54) is 18.2 Å². The summed E-state index contributed by atoms with van der Waals surface area (Å²) in [5.41, 5.74) is 2.22. The van der Waals surface area contributed by atoms with E-state index in [1.807, 2.05) is 24.3 Å². The summed E-state index contributed by atoms with van der Waals surface area (Å²) in [6.45, 7) is 0. The molecule has 0 unspecified atom stereocenters. The number of hydrogen-bond acceptors (Lipinski definition) is 1. The van der Waals surface area contributed by atoms with Crippen molar-refractivity contribution in [2.45, 2.75) is 18.8 Å². The van der Waals surface area contributed by atoms with E-state index in [0.29, 0.717) is 5.92 Å². The van der Waals surface area contributed by atoms with Gasteiger partial charge in [-0.3, -0.25) is 4.79 Å². The van der Waals surface area contributed by atoms with Crippen molar-refractivity contribution in [1.82, 2.24) is 4.98 Å². The highest BCUT2D eigenvalue weighted by molar-refractivity contribution is 6.05. The van der Waals surface area contributed by atoms with E-state index in [9.17, 15) is 4.79 Å². The van der Waals surface area contributed by atoms with E-state index in [-0.39, 0.29) is 5.43 Å². The number of fused-ring (bicyclic) bond motifs is 3. The van der Waals surface area contributed by atoms with Gasteiger partial charge in [0.25, 0.3) is 0 Å². The molecule has 0 spiro atoms. The Hall–Kier alpha value is -2.09. The first-order valence-corrected chi connectivity index (χ1v) is 6.37. The predicted octanol–water partition coefficient (Wildman–Crippen LogP) is 3.56. The van der Waals surface area contributed by atoms with Crippen LogP contribution in [-0.2, 0) is 0 Å². The number of rotatable bonds is 1. The summed E-state index contributed by atoms with van der Waals surface area (Å²) < 4.78 is 0. The smallest absolute Gasteiger partial charge is 0.189 e. The third-order valence-electron chi connectivity index (χ3n) is 3.77. The number of hydrogen-bond donors (Lipinski definition) is 1. The van der Waals surface area contributed by atoms with Crippen molar-refractivity contribution >= 4 is 21.7 Å². The average molecular weight is 235 g/mol. The van der Waals surface area contributed by atoms with Crippen LogP contribution in [0.25, 0.3) is 21.7 Å². The lowest BCUT2D eigenvalue weighted by Crippen LogP contribution is -2.04. The molecule has 2 heteroatoms. The first-order valence-electron chi connectivity index (χ1n) is 6.37. The molecule has 0 bridgehead atoms. The zero-order valence-corrected chi connectivity index (χ0v) is 9.94. The minimum absolute atomic E-state index is 0.136. The molecular formula is C16H13NO. The van der Waals surface area contributed by atoms with Crippen molar-refractivity contribution < 1.29 is 0 Å². The third-order valence-corrected chi connectivity index (χ3v) is 3.77. The molecule has 18 heavy (non-hydrogen) atoms. The Bertz CT molecular complexity index is 812. The van der Waals surface area contributed by atoms with Gasteiger partial charge in [0, 0.05) is 22.5 Å². The summed E-state index contributed by atoms with van der Waals surface area (Å²) in [5, 5.41) is 3.10. The molecule has 1 aliphatic rings. The Balaban J connectivity index is 2.18. The lowest BCUT2D eigenvalue weighted by molar-refractivity contribution is 1.04. The predicted molar refractivity (Wildman–Crippen MR) is 74.0 cm³/mol. The normalized spacial score (nSPS) is 15.3. The minimum atomic E-state index is 0.136. The van der Waals surface area contributed by atoms with E-state index < -0.39 is 0 Å². The Morgan fingerprint density at radius 3 is 2.67 bits per heavy atom. The molecule has 1 N–H and O–H groups in total. The van der Waals surface area contributed by atoms with Gasteiger partial charge in [0.05, 0.1) is 5.52 Å². The molecule has 4 rings (SSSR count). The molecule has 88 valence electrons. The Morgan fingerprint density at radius 1 is 1.00 bits per heavy atom. The zero-order valence-electron chi connectivity index (χ0n) is 9.94.